The van der Waals surface area contributed by atoms with Gasteiger partial charge in [-0.05, 0) is 24.6 Å². The Hall–Kier alpha value is -1.93. The standard InChI is InChI=1S/C19H27FN6O3S.HI/c1-15-3-4-16(13-18(15)20)24-30(27,28)12-6-22-19(21-2)26-9-7-25(8-10-26)14-17-5-11-29-23-17;/h3-5,11,13,24H,6-10,12,14H2,1-2H3,(H,21,22);1H. The molecule has 0 saturated carbocycles. The topological polar surface area (TPSA) is 103 Å². The van der Waals surface area contributed by atoms with Gasteiger partial charge in [0.15, 0.2) is 5.96 Å². The normalized spacial score (nSPS) is 15.5. The molecule has 0 atom stereocenters. The number of aryl methyl sites for hydroxylation is 1. The molecule has 0 spiro atoms. The molecule has 2 heterocycles. The lowest BCUT2D eigenvalue weighted by atomic mass is 10.2. The summed E-state index contributed by atoms with van der Waals surface area (Å²) in [6, 6.07) is 6.11. The zero-order chi connectivity index (χ0) is 21.6. The van der Waals surface area contributed by atoms with Crippen LogP contribution in [0.4, 0.5) is 10.1 Å². The van der Waals surface area contributed by atoms with Crippen molar-refractivity contribution in [2.24, 2.45) is 4.99 Å². The van der Waals surface area contributed by atoms with Gasteiger partial charge < -0.3 is 14.7 Å². The minimum absolute atomic E-state index is 0. The fourth-order valence-electron chi connectivity index (χ4n) is 3.18. The Labute approximate surface area is 199 Å². The van der Waals surface area contributed by atoms with E-state index in [1.807, 2.05) is 6.07 Å². The second kappa shape index (κ2) is 11.6. The average molecular weight is 566 g/mol. The fourth-order valence-corrected chi connectivity index (χ4v) is 4.14. The smallest absolute Gasteiger partial charge is 0.234 e. The van der Waals surface area contributed by atoms with Crippen LogP contribution in [0.25, 0.3) is 0 Å². The van der Waals surface area contributed by atoms with Gasteiger partial charge in [-0.25, -0.2) is 12.8 Å². The summed E-state index contributed by atoms with van der Waals surface area (Å²) in [6.07, 6.45) is 1.57. The lowest BCUT2D eigenvalue weighted by Gasteiger charge is -2.36. The highest BCUT2D eigenvalue weighted by atomic mass is 127. The number of nitrogens with one attached hydrogen (secondary N) is 2. The van der Waals surface area contributed by atoms with Gasteiger partial charge in [-0.15, -0.1) is 24.0 Å². The van der Waals surface area contributed by atoms with Crippen molar-refractivity contribution in [1.82, 2.24) is 20.3 Å². The van der Waals surface area contributed by atoms with Gasteiger partial charge in [-0.2, -0.15) is 0 Å². The molecule has 1 saturated heterocycles. The average Bonchev–Trinajstić information content (AvgIpc) is 3.22. The van der Waals surface area contributed by atoms with Crippen LogP contribution < -0.4 is 10.0 Å². The number of anilines is 1. The number of hydrogen-bond donors (Lipinski definition) is 2. The summed E-state index contributed by atoms with van der Waals surface area (Å²) in [4.78, 5) is 8.62. The highest BCUT2D eigenvalue weighted by molar-refractivity contribution is 14.0. The molecule has 0 radical (unpaired) electrons. The number of aromatic nitrogens is 1. The largest absolute Gasteiger partial charge is 0.364 e. The quantitative estimate of drug-likeness (QED) is 0.300. The van der Waals surface area contributed by atoms with Crippen molar-refractivity contribution in [2.75, 3.05) is 50.2 Å². The van der Waals surface area contributed by atoms with Crippen LogP contribution in [-0.2, 0) is 16.6 Å². The summed E-state index contributed by atoms with van der Waals surface area (Å²) in [5, 5.41) is 7.03. The maximum absolute atomic E-state index is 13.6. The second-order valence-electron chi connectivity index (χ2n) is 7.11. The molecular weight excluding hydrogens is 538 g/mol. The summed E-state index contributed by atoms with van der Waals surface area (Å²) in [6.45, 7) is 5.77. The van der Waals surface area contributed by atoms with Gasteiger partial charge in [0.2, 0.25) is 10.0 Å². The third-order valence-electron chi connectivity index (χ3n) is 4.86. The molecule has 2 aromatic rings. The number of halogens is 2. The Morgan fingerprint density at radius 1 is 1.26 bits per heavy atom. The third-order valence-corrected chi connectivity index (χ3v) is 6.15. The number of benzene rings is 1. The summed E-state index contributed by atoms with van der Waals surface area (Å²) in [5.74, 6) is 0.0530. The molecule has 1 aromatic carbocycles. The maximum atomic E-state index is 13.6. The predicted molar refractivity (Wildman–Crippen MR) is 129 cm³/mol. The lowest BCUT2D eigenvalue weighted by Crippen LogP contribution is -2.52. The van der Waals surface area contributed by atoms with Crippen LogP contribution in [0.1, 0.15) is 11.3 Å². The van der Waals surface area contributed by atoms with E-state index in [1.165, 1.54) is 12.1 Å². The van der Waals surface area contributed by atoms with Crippen molar-refractivity contribution in [3.8, 4) is 0 Å². The van der Waals surface area contributed by atoms with Crippen molar-refractivity contribution >= 4 is 45.6 Å². The van der Waals surface area contributed by atoms with Gasteiger partial charge in [0, 0.05) is 52.4 Å². The summed E-state index contributed by atoms with van der Waals surface area (Å²) >= 11 is 0. The Kier molecular flexibility index (Phi) is 9.50. The number of aliphatic imine (C=N–C) groups is 1. The Balaban J connectivity index is 0.00000341. The third kappa shape index (κ3) is 7.61. The number of rotatable bonds is 7. The van der Waals surface area contributed by atoms with E-state index >= 15 is 0 Å². The molecule has 31 heavy (non-hydrogen) atoms. The first-order chi connectivity index (χ1) is 14.4. The molecule has 1 aliphatic heterocycles. The van der Waals surface area contributed by atoms with Crippen molar-refractivity contribution in [3.05, 3.63) is 47.6 Å². The van der Waals surface area contributed by atoms with Crippen molar-refractivity contribution < 1.29 is 17.3 Å². The molecule has 2 N–H and O–H groups in total. The number of hydrogen-bond acceptors (Lipinski definition) is 6. The van der Waals surface area contributed by atoms with Crippen LogP contribution >= 0.6 is 24.0 Å². The van der Waals surface area contributed by atoms with E-state index < -0.39 is 15.8 Å². The number of sulfonamides is 1. The van der Waals surface area contributed by atoms with E-state index in [1.54, 1.807) is 26.3 Å². The molecule has 0 bridgehead atoms. The van der Waals surface area contributed by atoms with Crippen LogP contribution in [0.3, 0.4) is 0 Å². The van der Waals surface area contributed by atoms with Crippen molar-refractivity contribution in [1.29, 1.82) is 0 Å². The molecule has 0 amide bonds. The lowest BCUT2D eigenvalue weighted by molar-refractivity contribution is 0.169. The van der Waals surface area contributed by atoms with Crippen molar-refractivity contribution in [3.63, 3.8) is 0 Å². The van der Waals surface area contributed by atoms with E-state index in [0.717, 1.165) is 38.4 Å². The molecule has 1 aliphatic rings. The van der Waals surface area contributed by atoms with Gasteiger partial charge in [0.25, 0.3) is 0 Å². The van der Waals surface area contributed by atoms with E-state index in [4.69, 9.17) is 4.52 Å². The number of guanidine groups is 1. The SMILES string of the molecule is CN=C(NCCS(=O)(=O)Nc1ccc(C)c(F)c1)N1CCN(Cc2ccon2)CC1.I. The predicted octanol–water partition coefficient (Wildman–Crippen LogP) is 1.88. The number of piperazine rings is 1. The van der Waals surface area contributed by atoms with Crippen LogP contribution in [0.2, 0.25) is 0 Å². The first-order valence-electron chi connectivity index (χ1n) is 9.70. The van der Waals surface area contributed by atoms with E-state index in [-0.39, 0.29) is 42.0 Å². The molecule has 172 valence electrons. The Morgan fingerprint density at radius 3 is 2.61 bits per heavy atom. The Morgan fingerprint density at radius 2 is 2.00 bits per heavy atom. The van der Waals surface area contributed by atoms with Gasteiger partial charge in [0.1, 0.15) is 12.1 Å². The monoisotopic (exact) mass is 566 g/mol. The molecule has 0 aliphatic carbocycles. The van der Waals surface area contributed by atoms with Crippen molar-refractivity contribution in [2.45, 2.75) is 13.5 Å². The number of nitrogens with zero attached hydrogens (tertiary/aromatic N) is 4. The van der Waals surface area contributed by atoms with Gasteiger partial charge in [0.05, 0.1) is 17.1 Å². The van der Waals surface area contributed by atoms with E-state index in [2.05, 4.69) is 30.0 Å². The minimum atomic E-state index is -3.61. The fraction of sp³-hybridized carbons (Fsp3) is 0.474. The molecule has 1 fully saturated rings. The first kappa shape index (κ1) is 25.3. The molecule has 3 rings (SSSR count). The zero-order valence-corrected chi connectivity index (χ0v) is 20.7. The zero-order valence-electron chi connectivity index (χ0n) is 17.5. The maximum Gasteiger partial charge on any atom is 0.234 e. The minimum Gasteiger partial charge on any atom is -0.364 e. The van der Waals surface area contributed by atoms with Crippen LogP contribution in [-0.4, -0.2) is 74.9 Å². The highest BCUT2D eigenvalue weighted by Crippen LogP contribution is 2.15. The van der Waals surface area contributed by atoms with Gasteiger partial charge in [-0.1, -0.05) is 11.2 Å². The molecule has 0 unspecified atom stereocenters. The molecule has 9 nitrogen and oxygen atoms in total. The highest BCUT2D eigenvalue weighted by Gasteiger charge is 2.21. The van der Waals surface area contributed by atoms with Gasteiger partial charge in [-0.3, -0.25) is 14.6 Å². The Bertz CT molecular complexity index is 963. The first-order valence-corrected chi connectivity index (χ1v) is 11.4. The van der Waals surface area contributed by atoms with E-state index in [0.29, 0.717) is 11.5 Å². The van der Waals surface area contributed by atoms with Crippen LogP contribution in [0.15, 0.2) is 40.0 Å². The molecule has 12 heteroatoms. The molecule has 1 aromatic heterocycles. The summed E-state index contributed by atoms with van der Waals surface area (Å²) in [7, 11) is -1.94. The van der Waals surface area contributed by atoms with Crippen LogP contribution in [0.5, 0.6) is 0 Å². The van der Waals surface area contributed by atoms with Gasteiger partial charge >= 0.3 is 0 Å². The summed E-state index contributed by atoms with van der Waals surface area (Å²) in [5.41, 5.74) is 1.58. The summed E-state index contributed by atoms with van der Waals surface area (Å²) < 4.78 is 45.5. The van der Waals surface area contributed by atoms with E-state index in [9.17, 15) is 12.8 Å². The van der Waals surface area contributed by atoms with Crippen LogP contribution in [0, 0.1) is 12.7 Å². The molecular formula is C19H28FIN6O3S. The second-order valence-corrected chi connectivity index (χ2v) is 8.95.